The summed E-state index contributed by atoms with van der Waals surface area (Å²) < 4.78 is 7.59. The average Bonchev–Trinajstić information content (AvgIpc) is 2.09. The first-order valence-corrected chi connectivity index (χ1v) is 5.57. The third-order valence-corrected chi connectivity index (χ3v) is 4.74. The van der Waals surface area contributed by atoms with E-state index >= 15 is 0 Å². The number of ether oxygens (including phenoxy) is 1. The van der Waals surface area contributed by atoms with Crippen LogP contribution in [0.4, 0.5) is 0 Å². The van der Waals surface area contributed by atoms with Crippen LogP contribution in [0.5, 0.6) is 5.75 Å². The second-order valence-electron chi connectivity index (χ2n) is 2.25. The topological polar surface area (TPSA) is 35.2 Å². The second-order valence-corrected chi connectivity index (χ2v) is 4.49. The van der Waals surface area contributed by atoms with Gasteiger partial charge >= 0.3 is 0 Å². The summed E-state index contributed by atoms with van der Waals surface area (Å²) >= 11 is 4.57. The monoisotopic (exact) mass is 389 g/mol. The van der Waals surface area contributed by atoms with Gasteiger partial charge in [0.2, 0.25) is 0 Å². The first kappa shape index (κ1) is 10.5. The Hall–Kier alpha value is 0.440. The Morgan fingerprint density at radius 1 is 1.42 bits per heavy atom. The van der Waals surface area contributed by atoms with E-state index in [-0.39, 0.29) is 0 Å². The molecule has 0 aliphatic rings. The molecule has 0 aliphatic carbocycles. The molecule has 0 aromatic heterocycles. The van der Waals surface area contributed by atoms with Gasteiger partial charge in [-0.2, -0.15) is 0 Å². The number of hydrogen-bond acceptors (Lipinski definition) is 2. The summed E-state index contributed by atoms with van der Waals surface area (Å²) in [5.41, 5.74) is 6.70. The molecule has 0 fully saturated rings. The average molecular weight is 389 g/mol. The fourth-order valence-corrected chi connectivity index (χ4v) is 2.13. The van der Waals surface area contributed by atoms with Crippen LogP contribution in [0.15, 0.2) is 12.1 Å². The first-order chi connectivity index (χ1) is 5.70. The van der Waals surface area contributed by atoms with Crippen LogP contribution in [0, 0.1) is 7.14 Å². The van der Waals surface area contributed by atoms with Crippen molar-refractivity contribution in [1.29, 1.82) is 0 Å². The fraction of sp³-hybridized carbons (Fsp3) is 0.250. The van der Waals surface area contributed by atoms with Crippen LogP contribution in [0.1, 0.15) is 5.56 Å². The Balaban J connectivity index is 3.25. The van der Waals surface area contributed by atoms with Gasteiger partial charge in [-0.1, -0.05) is 0 Å². The van der Waals surface area contributed by atoms with Crippen LogP contribution in [0.3, 0.4) is 0 Å². The highest BCUT2D eigenvalue weighted by molar-refractivity contribution is 14.1. The molecule has 0 radical (unpaired) electrons. The maximum absolute atomic E-state index is 5.61. The van der Waals surface area contributed by atoms with Crippen LogP contribution in [-0.4, -0.2) is 7.11 Å². The van der Waals surface area contributed by atoms with Crippen molar-refractivity contribution in [2.45, 2.75) is 6.54 Å². The molecule has 0 saturated carbocycles. The third-order valence-electron chi connectivity index (χ3n) is 1.58. The number of nitrogens with two attached hydrogens (primary N) is 1. The summed E-state index contributed by atoms with van der Waals surface area (Å²) in [6.45, 7) is 0.526. The van der Waals surface area contributed by atoms with E-state index in [0.717, 1.165) is 11.3 Å². The van der Waals surface area contributed by atoms with E-state index in [0.29, 0.717) is 6.54 Å². The van der Waals surface area contributed by atoms with Crippen LogP contribution >= 0.6 is 45.2 Å². The summed E-state index contributed by atoms with van der Waals surface area (Å²) in [5, 5.41) is 0. The molecule has 1 aromatic carbocycles. The number of methoxy groups -OCH3 is 1. The summed E-state index contributed by atoms with van der Waals surface area (Å²) in [5.74, 6) is 0.877. The number of rotatable bonds is 2. The number of benzene rings is 1. The zero-order valence-corrected chi connectivity index (χ0v) is 10.9. The molecule has 1 aromatic rings. The predicted octanol–water partition coefficient (Wildman–Crippen LogP) is 2.36. The summed E-state index contributed by atoms with van der Waals surface area (Å²) in [6.07, 6.45) is 0. The van der Waals surface area contributed by atoms with Gasteiger partial charge in [0.25, 0.3) is 0 Å². The van der Waals surface area contributed by atoms with E-state index in [1.807, 2.05) is 12.1 Å². The molecule has 0 bridgehead atoms. The lowest BCUT2D eigenvalue weighted by Gasteiger charge is -2.09. The van der Waals surface area contributed by atoms with Crippen molar-refractivity contribution < 1.29 is 4.74 Å². The maximum atomic E-state index is 5.61. The lowest BCUT2D eigenvalue weighted by Crippen LogP contribution is -2.03. The van der Waals surface area contributed by atoms with E-state index in [4.69, 9.17) is 10.5 Å². The molecule has 4 heteroatoms. The molecule has 12 heavy (non-hydrogen) atoms. The predicted molar refractivity (Wildman–Crippen MR) is 66.3 cm³/mol. The van der Waals surface area contributed by atoms with E-state index < -0.39 is 0 Å². The highest BCUT2D eigenvalue weighted by Gasteiger charge is 2.07. The molecule has 0 aliphatic heterocycles. The van der Waals surface area contributed by atoms with Gasteiger partial charge in [-0.15, -0.1) is 0 Å². The standard InChI is InChI=1S/C8H9I2NO/c1-12-7-3-2-6(9)8(10)5(7)4-11/h2-3H,4,11H2,1H3. The quantitative estimate of drug-likeness (QED) is 0.789. The molecule has 2 N–H and O–H groups in total. The van der Waals surface area contributed by atoms with Crippen molar-refractivity contribution in [3.8, 4) is 5.75 Å². The highest BCUT2D eigenvalue weighted by Crippen LogP contribution is 2.27. The minimum Gasteiger partial charge on any atom is -0.496 e. The van der Waals surface area contributed by atoms with Crippen molar-refractivity contribution in [3.63, 3.8) is 0 Å². The molecule has 0 amide bonds. The van der Waals surface area contributed by atoms with E-state index in [2.05, 4.69) is 45.2 Å². The Labute approximate surface area is 99.1 Å². The second kappa shape index (κ2) is 4.61. The van der Waals surface area contributed by atoms with Gasteiger partial charge in [-0.25, -0.2) is 0 Å². The van der Waals surface area contributed by atoms with E-state index in [1.165, 1.54) is 7.14 Å². The molecular weight excluding hydrogens is 380 g/mol. The van der Waals surface area contributed by atoms with Crippen molar-refractivity contribution >= 4 is 45.2 Å². The zero-order valence-electron chi connectivity index (χ0n) is 6.60. The van der Waals surface area contributed by atoms with Crippen LogP contribution in [0.25, 0.3) is 0 Å². The Morgan fingerprint density at radius 3 is 2.58 bits per heavy atom. The SMILES string of the molecule is COc1ccc(I)c(I)c1CN. The molecule has 0 unspecified atom stereocenters. The minimum absolute atomic E-state index is 0.526. The lowest BCUT2D eigenvalue weighted by molar-refractivity contribution is 0.409. The molecule has 2 nitrogen and oxygen atoms in total. The smallest absolute Gasteiger partial charge is 0.124 e. The van der Waals surface area contributed by atoms with Crippen molar-refractivity contribution in [1.82, 2.24) is 0 Å². The van der Waals surface area contributed by atoms with Gasteiger partial charge in [0.1, 0.15) is 5.75 Å². The van der Waals surface area contributed by atoms with E-state index in [9.17, 15) is 0 Å². The fourth-order valence-electron chi connectivity index (χ4n) is 0.956. The van der Waals surface area contributed by atoms with E-state index in [1.54, 1.807) is 7.11 Å². The van der Waals surface area contributed by atoms with Crippen molar-refractivity contribution in [2.24, 2.45) is 5.73 Å². The van der Waals surface area contributed by atoms with Gasteiger partial charge in [0, 0.05) is 19.2 Å². The van der Waals surface area contributed by atoms with Gasteiger partial charge in [-0.05, 0) is 57.3 Å². The van der Waals surface area contributed by atoms with Gasteiger partial charge in [0.05, 0.1) is 7.11 Å². The number of halogens is 2. The molecular formula is C8H9I2NO. The van der Waals surface area contributed by atoms with Crippen LogP contribution < -0.4 is 10.5 Å². The molecule has 66 valence electrons. The maximum Gasteiger partial charge on any atom is 0.124 e. The normalized spacial score (nSPS) is 10.0. The Bertz CT molecular complexity index is 289. The first-order valence-electron chi connectivity index (χ1n) is 3.41. The molecule has 0 atom stereocenters. The van der Waals surface area contributed by atoms with Crippen molar-refractivity contribution in [2.75, 3.05) is 7.11 Å². The molecule has 1 rings (SSSR count). The Kier molecular flexibility index (Phi) is 4.04. The number of hydrogen-bond donors (Lipinski definition) is 1. The lowest BCUT2D eigenvalue weighted by atomic mass is 10.2. The molecule has 0 spiro atoms. The van der Waals surface area contributed by atoms with Crippen molar-refractivity contribution in [3.05, 3.63) is 24.8 Å². The van der Waals surface area contributed by atoms with Crippen LogP contribution in [-0.2, 0) is 6.54 Å². The zero-order chi connectivity index (χ0) is 9.14. The van der Waals surface area contributed by atoms with Gasteiger partial charge < -0.3 is 10.5 Å². The van der Waals surface area contributed by atoms with Gasteiger partial charge in [-0.3, -0.25) is 0 Å². The summed E-state index contributed by atoms with van der Waals surface area (Å²) in [6, 6.07) is 3.98. The minimum atomic E-state index is 0.526. The van der Waals surface area contributed by atoms with Gasteiger partial charge in [0.15, 0.2) is 0 Å². The van der Waals surface area contributed by atoms with Crippen LogP contribution in [0.2, 0.25) is 0 Å². The largest absolute Gasteiger partial charge is 0.496 e. The summed E-state index contributed by atoms with van der Waals surface area (Å²) in [4.78, 5) is 0. The Morgan fingerprint density at radius 2 is 2.08 bits per heavy atom. The molecule has 0 heterocycles. The third kappa shape index (κ3) is 2.02. The highest BCUT2D eigenvalue weighted by atomic mass is 127. The molecule has 0 saturated heterocycles. The summed E-state index contributed by atoms with van der Waals surface area (Å²) in [7, 11) is 1.66.